The largest absolute Gasteiger partial charge is 0.400 e. The molecule has 0 aromatic heterocycles. The lowest BCUT2D eigenvalue weighted by atomic mass is 9.86. The van der Waals surface area contributed by atoms with E-state index >= 15 is 0 Å². The van der Waals surface area contributed by atoms with Gasteiger partial charge in [-0.25, -0.2) is 0 Å². The number of nitrogens with two attached hydrogens (primary N) is 2. The van der Waals surface area contributed by atoms with Gasteiger partial charge in [-0.15, -0.1) is 0 Å². The van der Waals surface area contributed by atoms with Crippen molar-refractivity contribution >= 4 is 0 Å². The van der Waals surface area contributed by atoms with E-state index in [9.17, 15) is 0 Å². The lowest BCUT2D eigenvalue weighted by Crippen LogP contribution is -2.45. The van der Waals surface area contributed by atoms with Crippen LogP contribution in [0.15, 0.2) is 23.5 Å². The van der Waals surface area contributed by atoms with E-state index in [4.69, 9.17) is 11.5 Å². The normalized spacial score (nSPS) is 28.2. The van der Waals surface area contributed by atoms with Crippen LogP contribution in [0.3, 0.4) is 0 Å². The molecule has 0 spiro atoms. The minimum Gasteiger partial charge on any atom is -0.400 e. The predicted molar refractivity (Wildman–Crippen MR) is 55.9 cm³/mol. The van der Waals surface area contributed by atoms with Gasteiger partial charge in [0.25, 0.3) is 0 Å². The Kier molecular flexibility index (Phi) is 2.98. The first-order chi connectivity index (χ1) is 6.13. The summed E-state index contributed by atoms with van der Waals surface area (Å²) in [6.07, 6.45) is 5.89. The van der Waals surface area contributed by atoms with Crippen molar-refractivity contribution in [2.75, 3.05) is 6.54 Å². The summed E-state index contributed by atoms with van der Waals surface area (Å²) in [6, 6.07) is 0. The molecule has 0 saturated carbocycles. The molecule has 1 unspecified atom stereocenters. The van der Waals surface area contributed by atoms with Crippen LogP contribution in [0.5, 0.6) is 0 Å². The highest BCUT2D eigenvalue weighted by atomic mass is 15.0. The van der Waals surface area contributed by atoms with E-state index in [-0.39, 0.29) is 5.54 Å². The van der Waals surface area contributed by atoms with Gasteiger partial charge in [0.15, 0.2) is 0 Å². The maximum Gasteiger partial charge on any atom is 0.0503 e. The van der Waals surface area contributed by atoms with Crippen LogP contribution in [0, 0.1) is 0 Å². The molecule has 0 aliphatic heterocycles. The fraction of sp³-hybridized carbons (Fsp3) is 0.600. The first-order valence-corrected chi connectivity index (χ1v) is 4.82. The van der Waals surface area contributed by atoms with Crippen LogP contribution >= 0.6 is 0 Å². The molecule has 0 heterocycles. The summed E-state index contributed by atoms with van der Waals surface area (Å²) < 4.78 is 0. The number of likely N-dealkylation sites (N-methyl/N-ethyl adjacent to an activating group) is 1. The Hall–Kier alpha value is -0.960. The monoisotopic (exact) mass is 181 g/mol. The number of nitrogens with one attached hydrogen (secondary N) is 1. The van der Waals surface area contributed by atoms with E-state index in [2.05, 4.69) is 25.2 Å². The summed E-state index contributed by atoms with van der Waals surface area (Å²) in [4.78, 5) is 0. The van der Waals surface area contributed by atoms with E-state index in [1.54, 1.807) is 0 Å². The molecule has 1 aliphatic rings. The van der Waals surface area contributed by atoms with Crippen molar-refractivity contribution in [3.63, 3.8) is 0 Å². The van der Waals surface area contributed by atoms with Crippen molar-refractivity contribution in [3.05, 3.63) is 23.5 Å². The maximum atomic E-state index is 5.82. The van der Waals surface area contributed by atoms with Crippen LogP contribution in [0.1, 0.15) is 26.7 Å². The molecule has 0 fully saturated rings. The van der Waals surface area contributed by atoms with Crippen molar-refractivity contribution in [2.45, 2.75) is 32.2 Å². The minimum atomic E-state index is 0.0295. The average molecular weight is 181 g/mol. The summed E-state index contributed by atoms with van der Waals surface area (Å²) in [5, 5.41) is 3.44. The van der Waals surface area contributed by atoms with E-state index in [0.717, 1.165) is 25.1 Å². The Morgan fingerprint density at radius 3 is 2.62 bits per heavy atom. The van der Waals surface area contributed by atoms with Gasteiger partial charge in [-0.3, -0.25) is 0 Å². The summed E-state index contributed by atoms with van der Waals surface area (Å²) in [6.45, 7) is 5.20. The third-order valence-corrected chi connectivity index (χ3v) is 2.62. The van der Waals surface area contributed by atoms with Gasteiger partial charge in [0.2, 0.25) is 0 Å². The molecule has 3 nitrogen and oxygen atoms in total. The van der Waals surface area contributed by atoms with Crippen molar-refractivity contribution in [3.8, 4) is 0 Å². The molecule has 0 radical (unpaired) electrons. The Bertz CT molecular complexity index is 243. The molecule has 0 bridgehead atoms. The van der Waals surface area contributed by atoms with Gasteiger partial charge in [0.1, 0.15) is 0 Å². The first-order valence-electron chi connectivity index (χ1n) is 4.82. The van der Waals surface area contributed by atoms with Gasteiger partial charge in [-0.05, 0) is 19.0 Å². The second-order valence-corrected chi connectivity index (χ2v) is 3.53. The highest BCUT2D eigenvalue weighted by Crippen LogP contribution is 2.25. The summed E-state index contributed by atoms with van der Waals surface area (Å²) in [5.41, 5.74) is 13.0. The second-order valence-electron chi connectivity index (χ2n) is 3.53. The summed E-state index contributed by atoms with van der Waals surface area (Å²) >= 11 is 0. The Morgan fingerprint density at radius 1 is 1.46 bits per heavy atom. The van der Waals surface area contributed by atoms with E-state index in [1.807, 2.05) is 6.08 Å². The number of hydrogen-bond donors (Lipinski definition) is 3. The van der Waals surface area contributed by atoms with Crippen LogP contribution in [-0.4, -0.2) is 12.1 Å². The lowest BCUT2D eigenvalue weighted by Gasteiger charge is -2.33. The highest BCUT2D eigenvalue weighted by Gasteiger charge is 2.27. The summed E-state index contributed by atoms with van der Waals surface area (Å²) in [7, 11) is 0. The second kappa shape index (κ2) is 3.83. The number of allylic oxidation sites excluding steroid dienone is 1. The lowest BCUT2D eigenvalue weighted by molar-refractivity contribution is 0.388. The molecule has 74 valence electrons. The van der Waals surface area contributed by atoms with Gasteiger partial charge >= 0.3 is 0 Å². The molecule has 1 atom stereocenters. The van der Waals surface area contributed by atoms with Crippen LogP contribution < -0.4 is 16.8 Å². The fourth-order valence-electron chi connectivity index (χ4n) is 1.70. The SMILES string of the molecule is CCNC1(CC)C=CC(N)=C(N)C1. The molecular formula is C10H19N3. The number of hydrogen-bond acceptors (Lipinski definition) is 3. The quantitative estimate of drug-likeness (QED) is 0.604. The van der Waals surface area contributed by atoms with Crippen LogP contribution in [0.4, 0.5) is 0 Å². The zero-order chi connectivity index (χ0) is 9.90. The molecule has 13 heavy (non-hydrogen) atoms. The zero-order valence-electron chi connectivity index (χ0n) is 8.43. The zero-order valence-corrected chi connectivity index (χ0v) is 8.43. The molecule has 0 amide bonds. The van der Waals surface area contributed by atoms with E-state index < -0.39 is 0 Å². The maximum absolute atomic E-state index is 5.82. The van der Waals surface area contributed by atoms with Crippen LogP contribution in [0.25, 0.3) is 0 Å². The summed E-state index contributed by atoms with van der Waals surface area (Å²) in [5.74, 6) is 0. The molecule has 1 aliphatic carbocycles. The minimum absolute atomic E-state index is 0.0295. The van der Waals surface area contributed by atoms with Crippen molar-refractivity contribution < 1.29 is 0 Å². The van der Waals surface area contributed by atoms with E-state index in [1.165, 1.54) is 0 Å². The first kappa shape index (κ1) is 10.1. The Balaban J connectivity index is 2.79. The van der Waals surface area contributed by atoms with Gasteiger partial charge in [0, 0.05) is 17.7 Å². The molecule has 5 N–H and O–H groups in total. The predicted octanol–water partition coefficient (Wildman–Crippen LogP) is 0.834. The van der Waals surface area contributed by atoms with Gasteiger partial charge < -0.3 is 16.8 Å². The molecular weight excluding hydrogens is 162 g/mol. The highest BCUT2D eigenvalue weighted by molar-refractivity contribution is 5.31. The van der Waals surface area contributed by atoms with Gasteiger partial charge in [-0.1, -0.05) is 19.9 Å². The van der Waals surface area contributed by atoms with Crippen LogP contribution in [-0.2, 0) is 0 Å². The third kappa shape index (κ3) is 2.04. The third-order valence-electron chi connectivity index (χ3n) is 2.62. The van der Waals surface area contributed by atoms with Crippen molar-refractivity contribution in [1.29, 1.82) is 0 Å². The van der Waals surface area contributed by atoms with E-state index in [0.29, 0.717) is 5.70 Å². The molecule has 0 aromatic rings. The molecule has 0 saturated heterocycles. The molecule has 0 aromatic carbocycles. The Morgan fingerprint density at radius 2 is 2.15 bits per heavy atom. The molecule has 3 heteroatoms. The van der Waals surface area contributed by atoms with Crippen LogP contribution in [0.2, 0.25) is 0 Å². The molecule has 1 rings (SSSR count). The Labute approximate surface area is 79.9 Å². The topological polar surface area (TPSA) is 64.1 Å². The smallest absolute Gasteiger partial charge is 0.0503 e. The fourth-order valence-corrected chi connectivity index (χ4v) is 1.70. The van der Waals surface area contributed by atoms with Crippen molar-refractivity contribution in [2.24, 2.45) is 11.5 Å². The average Bonchev–Trinajstić information content (AvgIpc) is 2.12. The van der Waals surface area contributed by atoms with Gasteiger partial charge in [-0.2, -0.15) is 0 Å². The van der Waals surface area contributed by atoms with Crippen molar-refractivity contribution in [1.82, 2.24) is 5.32 Å². The standard InChI is InChI=1S/C10H19N3/c1-3-10(13-4-2)6-5-8(11)9(12)7-10/h5-6,13H,3-4,7,11-12H2,1-2H3. The number of rotatable bonds is 3. The van der Waals surface area contributed by atoms with Gasteiger partial charge in [0.05, 0.1) is 5.70 Å².